The Morgan fingerprint density at radius 3 is 3.08 bits per heavy atom. The molecule has 0 saturated heterocycles. The molecule has 0 spiro atoms. The summed E-state index contributed by atoms with van der Waals surface area (Å²) in [6, 6.07) is 3.12. The van der Waals surface area contributed by atoms with Crippen molar-refractivity contribution in [2.75, 3.05) is 6.61 Å². The normalized spacial score (nSPS) is 20.7. The van der Waals surface area contributed by atoms with Gasteiger partial charge in [0.15, 0.2) is 0 Å². The van der Waals surface area contributed by atoms with Crippen LogP contribution in [0.2, 0.25) is 0 Å². The van der Waals surface area contributed by atoms with Crippen LogP contribution in [0.25, 0.3) is 0 Å². The maximum atomic E-state index is 13.5. The summed E-state index contributed by atoms with van der Waals surface area (Å²) >= 11 is 3.12. The number of rotatable bonds is 0. The van der Waals surface area contributed by atoms with Gasteiger partial charge in [-0.1, -0.05) is 0 Å². The summed E-state index contributed by atoms with van der Waals surface area (Å²) in [6.07, 6.45) is 0.667. The van der Waals surface area contributed by atoms with Gasteiger partial charge >= 0.3 is 0 Å². The fourth-order valence-electron chi connectivity index (χ4n) is 1.46. The Hall–Kier alpha value is -0.610. The second-order valence-electron chi connectivity index (χ2n) is 3.02. The summed E-state index contributed by atoms with van der Waals surface area (Å²) in [5.74, 6) is 0.268. The average molecular weight is 246 g/mol. The highest BCUT2D eigenvalue weighted by Crippen LogP contribution is 2.35. The van der Waals surface area contributed by atoms with Crippen molar-refractivity contribution in [3.8, 4) is 5.75 Å². The fraction of sp³-hybridized carbons (Fsp3) is 0.333. The predicted octanol–water partition coefficient (Wildman–Crippen LogP) is 2.37. The number of halogens is 2. The van der Waals surface area contributed by atoms with E-state index in [1.54, 1.807) is 12.1 Å². The van der Waals surface area contributed by atoms with Gasteiger partial charge in [0.25, 0.3) is 0 Å². The Kier molecular flexibility index (Phi) is 2.26. The number of benzene rings is 1. The van der Waals surface area contributed by atoms with Crippen molar-refractivity contribution in [1.82, 2.24) is 0 Å². The molecule has 1 unspecified atom stereocenters. The van der Waals surface area contributed by atoms with E-state index in [0.29, 0.717) is 28.8 Å². The highest BCUT2D eigenvalue weighted by Gasteiger charge is 2.23. The lowest BCUT2D eigenvalue weighted by Gasteiger charge is -2.23. The van der Waals surface area contributed by atoms with Crippen LogP contribution in [0.3, 0.4) is 0 Å². The van der Waals surface area contributed by atoms with Crippen molar-refractivity contribution in [2.24, 2.45) is 5.73 Å². The van der Waals surface area contributed by atoms with Gasteiger partial charge in [0.1, 0.15) is 11.6 Å². The van der Waals surface area contributed by atoms with Gasteiger partial charge in [0, 0.05) is 18.0 Å². The monoisotopic (exact) mass is 245 g/mol. The SMILES string of the molecule is NC1CCOc2ccc(Br)c(F)c21. The molecule has 1 heterocycles. The van der Waals surface area contributed by atoms with Crippen LogP contribution in [0, 0.1) is 5.82 Å². The molecule has 1 aliphatic rings. The zero-order valence-corrected chi connectivity index (χ0v) is 8.47. The number of ether oxygens (including phenoxy) is 1. The van der Waals surface area contributed by atoms with E-state index < -0.39 is 0 Å². The second kappa shape index (κ2) is 3.27. The summed E-state index contributed by atoms with van der Waals surface area (Å²) < 4.78 is 19.3. The summed E-state index contributed by atoms with van der Waals surface area (Å²) in [5.41, 5.74) is 6.26. The van der Waals surface area contributed by atoms with Crippen LogP contribution in [0.4, 0.5) is 4.39 Å². The zero-order chi connectivity index (χ0) is 9.42. The maximum absolute atomic E-state index is 13.5. The Morgan fingerprint density at radius 2 is 2.31 bits per heavy atom. The number of hydrogen-bond acceptors (Lipinski definition) is 2. The Balaban J connectivity index is 2.58. The molecular weight excluding hydrogens is 237 g/mol. The molecule has 0 radical (unpaired) electrons. The highest BCUT2D eigenvalue weighted by molar-refractivity contribution is 9.10. The van der Waals surface area contributed by atoms with Crippen LogP contribution in [0.15, 0.2) is 16.6 Å². The van der Waals surface area contributed by atoms with Crippen LogP contribution >= 0.6 is 15.9 Å². The molecular formula is C9H9BrFNO. The molecule has 0 bridgehead atoms. The summed E-state index contributed by atoms with van der Waals surface area (Å²) in [4.78, 5) is 0. The molecule has 4 heteroatoms. The molecule has 1 aromatic rings. The summed E-state index contributed by atoms with van der Waals surface area (Å²) in [7, 11) is 0. The standard InChI is InChI=1S/C9H9BrFNO/c10-5-1-2-7-8(9(5)11)6(12)3-4-13-7/h1-2,6H,3-4,12H2. The van der Waals surface area contributed by atoms with E-state index in [9.17, 15) is 4.39 Å². The third-order valence-electron chi connectivity index (χ3n) is 2.15. The van der Waals surface area contributed by atoms with Crippen molar-refractivity contribution in [1.29, 1.82) is 0 Å². The lowest BCUT2D eigenvalue weighted by atomic mass is 10.0. The van der Waals surface area contributed by atoms with Crippen molar-refractivity contribution < 1.29 is 9.13 Å². The van der Waals surface area contributed by atoms with Gasteiger partial charge < -0.3 is 10.5 Å². The van der Waals surface area contributed by atoms with E-state index in [-0.39, 0.29) is 11.9 Å². The summed E-state index contributed by atoms with van der Waals surface area (Å²) in [6.45, 7) is 0.565. The van der Waals surface area contributed by atoms with E-state index in [0.717, 1.165) is 0 Å². The first-order valence-corrected chi connectivity index (χ1v) is 4.85. The quantitative estimate of drug-likeness (QED) is 0.762. The lowest BCUT2D eigenvalue weighted by Crippen LogP contribution is -2.22. The molecule has 1 atom stereocenters. The Morgan fingerprint density at radius 1 is 1.54 bits per heavy atom. The predicted molar refractivity (Wildman–Crippen MR) is 51.1 cm³/mol. The first-order chi connectivity index (χ1) is 6.20. The molecule has 0 saturated carbocycles. The van der Waals surface area contributed by atoms with Gasteiger partial charge in [-0.25, -0.2) is 4.39 Å². The molecule has 2 nitrogen and oxygen atoms in total. The Labute approximate surface area is 84.0 Å². The fourth-order valence-corrected chi connectivity index (χ4v) is 1.81. The molecule has 13 heavy (non-hydrogen) atoms. The van der Waals surface area contributed by atoms with Crippen LogP contribution in [-0.4, -0.2) is 6.61 Å². The number of hydrogen-bond donors (Lipinski definition) is 1. The second-order valence-corrected chi connectivity index (χ2v) is 3.87. The van der Waals surface area contributed by atoms with E-state index in [4.69, 9.17) is 10.5 Å². The van der Waals surface area contributed by atoms with E-state index in [1.165, 1.54) is 0 Å². The lowest BCUT2D eigenvalue weighted by molar-refractivity contribution is 0.263. The van der Waals surface area contributed by atoms with Crippen molar-refractivity contribution in [3.05, 3.63) is 28.0 Å². The summed E-state index contributed by atoms with van der Waals surface area (Å²) in [5, 5.41) is 0. The maximum Gasteiger partial charge on any atom is 0.145 e. The molecule has 0 aliphatic carbocycles. The molecule has 70 valence electrons. The van der Waals surface area contributed by atoms with Gasteiger partial charge in [-0.05, 0) is 28.1 Å². The molecule has 0 fully saturated rings. The number of fused-ring (bicyclic) bond motifs is 1. The Bertz CT molecular complexity index is 343. The van der Waals surface area contributed by atoms with Gasteiger partial charge in [0.05, 0.1) is 11.1 Å². The van der Waals surface area contributed by atoms with Crippen molar-refractivity contribution in [2.45, 2.75) is 12.5 Å². The van der Waals surface area contributed by atoms with E-state index in [1.807, 2.05) is 0 Å². The molecule has 0 amide bonds. The molecule has 0 aromatic heterocycles. The minimum Gasteiger partial charge on any atom is -0.493 e. The van der Waals surface area contributed by atoms with Crippen molar-refractivity contribution in [3.63, 3.8) is 0 Å². The van der Waals surface area contributed by atoms with Gasteiger partial charge in [-0.2, -0.15) is 0 Å². The molecule has 2 N–H and O–H groups in total. The van der Waals surface area contributed by atoms with Crippen LogP contribution in [-0.2, 0) is 0 Å². The zero-order valence-electron chi connectivity index (χ0n) is 6.89. The largest absolute Gasteiger partial charge is 0.493 e. The van der Waals surface area contributed by atoms with Crippen LogP contribution in [0.1, 0.15) is 18.0 Å². The molecule has 1 aliphatic heterocycles. The van der Waals surface area contributed by atoms with E-state index in [2.05, 4.69) is 15.9 Å². The third-order valence-corrected chi connectivity index (χ3v) is 2.76. The van der Waals surface area contributed by atoms with Crippen molar-refractivity contribution >= 4 is 15.9 Å². The average Bonchev–Trinajstić information content (AvgIpc) is 2.12. The molecule has 1 aromatic carbocycles. The van der Waals surface area contributed by atoms with Crippen LogP contribution in [0.5, 0.6) is 5.75 Å². The topological polar surface area (TPSA) is 35.2 Å². The van der Waals surface area contributed by atoms with Gasteiger partial charge in [-0.3, -0.25) is 0 Å². The highest BCUT2D eigenvalue weighted by atomic mass is 79.9. The van der Waals surface area contributed by atoms with Gasteiger partial charge in [0.2, 0.25) is 0 Å². The minimum absolute atomic E-state index is 0.249. The molecule has 2 rings (SSSR count). The van der Waals surface area contributed by atoms with Crippen LogP contribution < -0.4 is 10.5 Å². The van der Waals surface area contributed by atoms with Gasteiger partial charge in [-0.15, -0.1) is 0 Å². The third kappa shape index (κ3) is 1.44. The minimum atomic E-state index is -0.301. The van der Waals surface area contributed by atoms with E-state index >= 15 is 0 Å². The first-order valence-electron chi connectivity index (χ1n) is 4.06. The first kappa shape index (κ1) is 8.97. The smallest absolute Gasteiger partial charge is 0.145 e. The number of nitrogens with two attached hydrogens (primary N) is 1.